The predicted octanol–water partition coefficient (Wildman–Crippen LogP) is 7.67. The maximum atomic E-state index is 13.5. The van der Waals surface area contributed by atoms with Gasteiger partial charge in [-0.2, -0.15) is 18.2 Å². The van der Waals surface area contributed by atoms with Crippen molar-refractivity contribution in [2.45, 2.75) is 76.1 Å². The summed E-state index contributed by atoms with van der Waals surface area (Å²) in [6.07, 6.45) is -1.31. The lowest BCUT2D eigenvalue weighted by molar-refractivity contribution is -0.151. The molecular weight excluding hydrogens is 683 g/mol. The number of methoxy groups -OCH3 is 1. The van der Waals surface area contributed by atoms with Gasteiger partial charge in [-0.25, -0.2) is 4.39 Å². The Morgan fingerprint density at radius 2 is 1.47 bits per heavy atom. The third-order valence-corrected chi connectivity index (χ3v) is 10.3. The van der Waals surface area contributed by atoms with Crippen molar-refractivity contribution in [3.63, 3.8) is 0 Å². The van der Waals surface area contributed by atoms with Crippen LogP contribution in [0.3, 0.4) is 0 Å². The summed E-state index contributed by atoms with van der Waals surface area (Å²) in [6.45, 7) is 4.32. The van der Waals surface area contributed by atoms with Crippen molar-refractivity contribution in [3.05, 3.63) is 129 Å². The molecule has 1 aliphatic rings. The van der Waals surface area contributed by atoms with Crippen molar-refractivity contribution < 1.29 is 27.1 Å². The number of carbonyl (C=O) groups is 1. The van der Waals surface area contributed by atoms with Crippen LogP contribution in [0.4, 0.5) is 17.6 Å². The SMILES string of the molecule is COC(=O)C(C)(C)CCc1nnc(Cn2c(SCc3ccc(F)cc3)nc(=O)c3c2CCC3)n1Cc1ccc(-c2ccc(C(F)(F)F)cc2)cc1. The van der Waals surface area contributed by atoms with Gasteiger partial charge in [-0.1, -0.05) is 60.3 Å². The van der Waals surface area contributed by atoms with Crippen LogP contribution in [-0.4, -0.2) is 37.4 Å². The van der Waals surface area contributed by atoms with E-state index >= 15 is 0 Å². The fraction of sp³-hybridized carbons (Fsp3) is 0.342. The number of alkyl halides is 3. The Bertz CT molecular complexity index is 2070. The standard InChI is InChI=1S/C38H37F4N5O3S/c1-37(2,35(49)50-3)20-19-32-44-45-33(47(32)21-24-7-11-26(12-8-24)27-13-15-28(16-14-27)38(40,41)42)22-46-31-6-4-5-30(31)34(48)43-36(46)51-23-25-9-17-29(39)18-10-25/h7-18H,4-6,19-23H2,1-3H3. The number of nitrogens with zero attached hydrogens (tertiary/aromatic N) is 5. The maximum Gasteiger partial charge on any atom is 0.416 e. The number of hydrogen-bond donors (Lipinski definition) is 0. The van der Waals surface area contributed by atoms with Crippen LogP contribution in [0.25, 0.3) is 11.1 Å². The number of thioether (sulfide) groups is 1. The molecule has 3 aromatic carbocycles. The van der Waals surface area contributed by atoms with Crippen LogP contribution in [0, 0.1) is 11.2 Å². The predicted molar refractivity (Wildman–Crippen MR) is 186 cm³/mol. The van der Waals surface area contributed by atoms with Crippen molar-refractivity contribution in [1.82, 2.24) is 24.3 Å². The monoisotopic (exact) mass is 719 g/mol. The molecule has 0 saturated heterocycles. The second kappa shape index (κ2) is 14.8. The summed E-state index contributed by atoms with van der Waals surface area (Å²) < 4.78 is 61.9. The molecule has 0 amide bonds. The molecule has 0 bridgehead atoms. The first-order valence-corrected chi connectivity index (χ1v) is 17.6. The molecule has 2 heterocycles. The fourth-order valence-corrected chi connectivity index (χ4v) is 7.19. The first-order chi connectivity index (χ1) is 24.3. The first kappa shape index (κ1) is 36.0. The molecule has 51 heavy (non-hydrogen) atoms. The average molecular weight is 720 g/mol. The first-order valence-electron chi connectivity index (χ1n) is 16.6. The van der Waals surface area contributed by atoms with Crippen molar-refractivity contribution in [1.29, 1.82) is 0 Å². The second-order valence-corrected chi connectivity index (χ2v) is 14.2. The van der Waals surface area contributed by atoms with Crippen LogP contribution in [0.1, 0.15) is 66.3 Å². The zero-order valence-electron chi connectivity index (χ0n) is 28.5. The lowest BCUT2D eigenvalue weighted by Crippen LogP contribution is -2.27. The van der Waals surface area contributed by atoms with Gasteiger partial charge in [-0.3, -0.25) is 9.59 Å². The lowest BCUT2D eigenvalue weighted by atomic mass is 9.88. The topological polar surface area (TPSA) is 91.9 Å². The molecule has 0 spiro atoms. The Hall–Kier alpha value is -4.78. The summed E-state index contributed by atoms with van der Waals surface area (Å²) >= 11 is 1.40. The van der Waals surface area contributed by atoms with Crippen molar-refractivity contribution in [3.8, 4) is 11.1 Å². The van der Waals surface area contributed by atoms with Gasteiger partial charge >= 0.3 is 12.1 Å². The number of aryl methyl sites for hydroxylation is 1. The largest absolute Gasteiger partial charge is 0.469 e. The number of fused-ring (bicyclic) bond motifs is 1. The summed E-state index contributed by atoms with van der Waals surface area (Å²) in [5.41, 5.74) is 3.15. The number of carbonyl (C=O) groups excluding carboxylic acids is 1. The second-order valence-electron chi connectivity index (χ2n) is 13.2. The van der Waals surface area contributed by atoms with Gasteiger partial charge in [0.15, 0.2) is 11.0 Å². The zero-order valence-corrected chi connectivity index (χ0v) is 29.3. The van der Waals surface area contributed by atoms with Crippen molar-refractivity contribution >= 4 is 17.7 Å². The molecule has 0 N–H and O–H groups in total. The number of halogens is 4. The summed E-state index contributed by atoms with van der Waals surface area (Å²) in [5, 5.41) is 9.71. The van der Waals surface area contributed by atoms with E-state index in [0.717, 1.165) is 47.4 Å². The van der Waals surface area contributed by atoms with Gasteiger partial charge in [-0.05, 0) is 86.1 Å². The minimum Gasteiger partial charge on any atom is -0.469 e. The minimum atomic E-state index is -4.41. The molecule has 6 rings (SSSR count). The molecule has 266 valence electrons. The molecule has 13 heteroatoms. The number of hydrogen-bond acceptors (Lipinski definition) is 7. The van der Waals surface area contributed by atoms with Gasteiger partial charge in [0.05, 0.1) is 31.2 Å². The average Bonchev–Trinajstić information content (AvgIpc) is 3.76. The Morgan fingerprint density at radius 1 is 0.843 bits per heavy atom. The van der Waals surface area contributed by atoms with Gasteiger partial charge in [0.2, 0.25) is 0 Å². The minimum absolute atomic E-state index is 0.235. The van der Waals surface area contributed by atoms with E-state index in [2.05, 4.69) is 15.2 Å². The summed E-state index contributed by atoms with van der Waals surface area (Å²) in [4.78, 5) is 30.0. The maximum absolute atomic E-state index is 13.5. The van der Waals surface area contributed by atoms with Crippen LogP contribution >= 0.6 is 11.8 Å². The Balaban J connectivity index is 1.32. The van der Waals surface area contributed by atoms with E-state index in [-0.39, 0.29) is 17.3 Å². The zero-order chi connectivity index (χ0) is 36.3. The van der Waals surface area contributed by atoms with E-state index in [4.69, 9.17) is 4.74 Å². The third-order valence-electron chi connectivity index (χ3n) is 9.24. The summed E-state index contributed by atoms with van der Waals surface area (Å²) in [5.74, 6) is 1.13. The normalized spacial score (nSPS) is 13.0. The number of benzene rings is 3. The Kier molecular flexibility index (Phi) is 10.5. The molecule has 5 aromatic rings. The number of ether oxygens (including phenoxy) is 1. The Labute approximate surface area is 296 Å². The molecule has 0 unspecified atom stereocenters. The van der Waals surface area contributed by atoms with Gasteiger partial charge in [-0.15, -0.1) is 10.2 Å². The van der Waals surface area contributed by atoms with Crippen molar-refractivity contribution in [2.24, 2.45) is 5.41 Å². The van der Waals surface area contributed by atoms with E-state index in [0.29, 0.717) is 66.0 Å². The van der Waals surface area contributed by atoms with Crippen LogP contribution < -0.4 is 5.56 Å². The highest BCUT2D eigenvalue weighted by Gasteiger charge is 2.31. The number of aromatic nitrogens is 5. The summed E-state index contributed by atoms with van der Waals surface area (Å²) in [7, 11) is 1.36. The fourth-order valence-electron chi connectivity index (χ4n) is 6.23. The summed E-state index contributed by atoms with van der Waals surface area (Å²) in [6, 6.07) is 18.9. The molecule has 1 aliphatic carbocycles. The van der Waals surface area contributed by atoms with Gasteiger partial charge < -0.3 is 13.9 Å². The van der Waals surface area contributed by atoms with Crippen LogP contribution in [0.2, 0.25) is 0 Å². The molecule has 0 aliphatic heterocycles. The molecule has 0 saturated carbocycles. The lowest BCUT2D eigenvalue weighted by Gasteiger charge is -2.21. The third kappa shape index (κ3) is 8.24. The molecule has 0 fully saturated rings. The smallest absolute Gasteiger partial charge is 0.416 e. The van der Waals surface area contributed by atoms with Crippen LogP contribution in [0.5, 0.6) is 0 Å². The highest BCUT2D eigenvalue weighted by atomic mass is 32.2. The number of esters is 1. The van der Waals surface area contributed by atoms with Gasteiger partial charge in [0.1, 0.15) is 11.6 Å². The van der Waals surface area contributed by atoms with E-state index in [1.54, 1.807) is 12.1 Å². The van der Waals surface area contributed by atoms with Gasteiger partial charge in [0.25, 0.3) is 5.56 Å². The van der Waals surface area contributed by atoms with Crippen LogP contribution in [-0.2, 0) is 53.8 Å². The van der Waals surface area contributed by atoms with E-state index in [1.165, 1.54) is 43.1 Å². The van der Waals surface area contributed by atoms with E-state index in [9.17, 15) is 27.2 Å². The highest BCUT2D eigenvalue weighted by molar-refractivity contribution is 7.98. The highest BCUT2D eigenvalue weighted by Crippen LogP contribution is 2.32. The van der Waals surface area contributed by atoms with Crippen molar-refractivity contribution in [2.75, 3.05) is 7.11 Å². The van der Waals surface area contributed by atoms with E-state index in [1.807, 2.05) is 47.2 Å². The van der Waals surface area contributed by atoms with Crippen LogP contribution in [0.15, 0.2) is 82.7 Å². The molecule has 0 atom stereocenters. The molecule has 8 nitrogen and oxygen atoms in total. The number of rotatable bonds is 12. The Morgan fingerprint density at radius 3 is 2.12 bits per heavy atom. The quantitative estimate of drug-likeness (QED) is 0.0566. The van der Waals surface area contributed by atoms with E-state index < -0.39 is 17.2 Å². The molecular formula is C38H37F4N5O3S. The molecule has 0 radical (unpaired) electrons. The van der Waals surface area contributed by atoms with Gasteiger partial charge in [0, 0.05) is 23.4 Å². The molecule has 2 aromatic heterocycles.